The molecule has 3 rings (SSSR count). The summed E-state index contributed by atoms with van der Waals surface area (Å²) in [5.74, 6) is -1.44. The number of nitrogens with zero attached hydrogens (tertiary/aromatic N) is 2. The lowest BCUT2D eigenvalue weighted by atomic mass is 9.88. The first kappa shape index (κ1) is 17.3. The normalized spacial score (nSPS) is 17.2. The number of aliphatic hydroxyl groups excluding tert-OH is 1. The van der Waals surface area contributed by atoms with Gasteiger partial charge in [-0.2, -0.15) is 0 Å². The third kappa shape index (κ3) is 3.08. The second-order valence-electron chi connectivity index (χ2n) is 5.71. The SMILES string of the molecule is Cc1c(Cl)cccc1N1C(=O)c2ccccc2[C@@H](C=NCCO)C1=O. The van der Waals surface area contributed by atoms with Gasteiger partial charge >= 0.3 is 0 Å². The highest BCUT2D eigenvalue weighted by molar-refractivity contribution is 6.33. The Hall–Kier alpha value is -2.50. The number of fused-ring (bicyclic) bond motifs is 1. The smallest absolute Gasteiger partial charge is 0.265 e. The Balaban J connectivity index is 2.14. The van der Waals surface area contributed by atoms with Crippen LogP contribution >= 0.6 is 11.6 Å². The molecule has 1 aliphatic rings. The lowest BCUT2D eigenvalue weighted by Crippen LogP contribution is -2.45. The van der Waals surface area contributed by atoms with Crippen molar-refractivity contribution in [2.75, 3.05) is 18.1 Å². The summed E-state index contributed by atoms with van der Waals surface area (Å²) in [6, 6.07) is 12.1. The molecule has 128 valence electrons. The maximum atomic E-state index is 13.1. The van der Waals surface area contributed by atoms with Crippen LogP contribution in [-0.2, 0) is 4.79 Å². The van der Waals surface area contributed by atoms with Crippen LogP contribution in [0, 0.1) is 6.92 Å². The fourth-order valence-electron chi connectivity index (χ4n) is 2.90. The fourth-order valence-corrected chi connectivity index (χ4v) is 3.07. The van der Waals surface area contributed by atoms with Crippen molar-refractivity contribution < 1.29 is 14.7 Å². The van der Waals surface area contributed by atoms with Crippen molar-refractivity contribution in [3.8, 4) is 0 Å². The van der Waals surface area contributed by atoms with Gasteiger partial charge in [-0.25, -0.2) is 4.90 Å². The third-order valence-electron chi connectivity index (χ3n) is 4.18. The molecule has 2 aromatic rings. The van der Waals surface area contributed by atoms with Crippen LogP contribution in [0.3, 0.4) is 0 Å². The summed E-state index contributed by atoms with van der Waals surface area (Å²) in [5.41, 5.74) is 2.21. The number of amides is 2. The van der Waals surface area contributed by atoms with Crippen molar-refractivity contribution in [3.63, 3.8) is 0 Å². The van der Waals surface area contributed by atoms with Crippen LogP contribution in [-0.4, -0.2) is 36.3 Å². The second kappa shape index (κ2) is 7.17. The summed E-state index contributed by atoms with van der Waals surface area (Å²) in [6.45, 7) is 1.87. The number of aliphatic imine (C=N–C) groups is 1. The van der Waals surface area contributed by atoms with Gasteiger partial charge in [0.2, 0.25) is 5.91 Å². The van der Waals surface area contributed by atoms with Gasteiger partial charge in [-0.1, -0.05) is 35.9 Å². The zero-order valence-electron chi connectivity index (χ0n) is 13.6. The Labute approximate surface area is 150 Å². The number of aliphatic hydroxyl groups is 1. The van der Waals surface area contributed by atoms with Crippen LogP contribution in [0.5, 0.6) is 0 Å². The molecule has 0 saturated heterocycles. The zero-order valence-corrected chi connectivity index (χ0v) is 14.4. The average Bonchev–Trinajstić information content (AvgIpc) is 2.61. The minimum Gasteiger partial charge on any atom is -0.394 e. The van der Waals surface area contributed by atoms with E-state index in [2.05, 4.69) is 4.99 Å². The van der Waals surface area contributed by atoms with E-state index in [1.54, 1.807) is 49.4 Å². The molecule has 1 atom stereocenters. The molecule has 0 unspecified atom stereocenters. The molecular formula is C19H17ClN2O3. The number of anilines is 1. The number of rotatable bonds is 4. The van der Waals surface area contributed by atoms with Gasteiger partial charge in [-0.3, -0.25) is 14.6 Å². The maximum absolute atomic E-state index is 13.1. The Morgan fingerprint density at radius 1 is 1.20 bits per heavy atom. The molecule has 1 N–H and O–H groups in total. The van der Waals surface area contributed by atoms with Gasteiger partial charge in [0.1, 0.15) is 0 Å². The fraction of sp³-hybridized carbons (Fsp3) is 0.211. The van der Waals surface area contributed by atoms with E-state index < -0.39 is 5.92 Å². The van der Waals surface area contributed by atoms with E-state index in [0.29, 0.717) is 27.4 Å². The largest absolute Gasteiger partial charge is 0.394 e. The Morgan fingerprint density at radius 2 is 1.96 bits per heavy atom. The van der Waals surface area contributed by atoms with Gasteiger partial charge in [-0.15, -0.1) is 0 Å². The van der Waals surface area contributed by atoms with E-state index in [1.807, 2.05) is 0 Å². The first-order valence-corrected chi connectivity index (χ1v) is 8.27. The molecule has 2 amide bonds. The number of hydrogen-bond acceptors (Lipinski definition) is 4. The molecule has 0 fully saturated rings. The van der Waals surface area contributed by atoms with Crippen molar-refractivity contribution >= 4 is 35.3 Å². The van der Waals surface area contributed by atoms with Crippen LogP contribution in [0.1, 0.15) is 27.4 Å². The molecule has 0 spiro atoms. The number of benzene rings is 2. The minimum absolute atomic E-state index is 0.102. The number of carbonyl (C=O) groups is 2. The van der Waals surface area contributed by atoms with Gasteiger partial charge in [0, 0.05) is 16.8 Å². The van der Waals surface area contributed by atoms with Crippen LogP contribution in [0.4, 0.5) is 5.69 Å². The summed E-state index contributed by atoms with van der Waals surface area (Å²) in [7, 11) is 0. The van der Waals surface area contributed by atoms with E-state index in [0.717, 1.165) is 0 Å². The first-order chi connectivity index (χ1) is 12.1. The summed E-state index contributed by atoms with van der Waals surface area (Å²) in [4.78, 5) is 31.3. The Kier molecular flexibility index (Phi) is 4.97. The van der Waals surface area contributed by atoms with Crippen LogP contribution in [0.2, 0.25) is 5.02 Å². The van der Waals surface area contributed by atoms with Crippen LogP contribution < -0.4 is 4.90 Å². The van der Waals surface area contributed by atoms with Gasteiger partial charge in [0.15, 0.2) is 0 Å². The molecule has 1 aliphatic heterocycles. The van der Waals surface area contributed by atoms with Crippen molar-refractivity contribution in [1.82, 2.24) is 0 Å². The molecule has 1 heterocycles. The highest BCUT2D eigenvalue weighted by atomic mass is 35.5. The predicted octanol–water partition coefficient (Wildman–Crippen LogP) is 2.98. The summed E-state index contributed by atoms with van der Waals surface area (Å²) >= 11 is 6.16. The average molecular weight is 357 g/mol. The van der Waals surface area contributed by atoms with E-state index in [9.17, 15) is 9.59 Å². The van der Waals surface area contributed by atoms with Crippen molar-refractivity contribution in [3.05, 3.63) is 64.2 Å². The second-order valence-corrected chi connectivity index (χ2v) is 6.11. The molecule has 0 aromatic heterocycles. The predicted molar refractivity (Wildman–Crippen MR) is 97.6 cm³/mol. The van der Waals surface area contributed by atoms with Gasteiger partial charge < -0.3 is 5.11 Å². The lowest BCUT2D eigenvalue weighted by Gasteiger charge is -2.32. The van der Waals surface area contributed by atoms with E-state index in [4.69, 9.17) is 16.7 Å². The van der Waals surface area contributed by atoms with Gasteiger partial charge in [0.25, 0.3) is 5.91 Å². The molecular weight excluding hydrogens is 340 g/mol. The van der Waals surface area contributed by atoms with Gasteiger partial charge in [0.05, 0.1) is 24.8 Å². The quantitative estimate of drug-likeness (QED) is 0.676. The van der Waals surface area contributed by atoms with Crippen molar-refractivity contribution in [1.29, 1.82) is 0 Å². The summed E-state index contributed by atoms with van der Waals surface area (Å²) in [6.07, 6.45) is 1.50. The molecule has 0 aliphatic carbocycles. The monoisotopic (exact) mass is 356 g/mol. The van der Waals surface area contributed by atoms with Gasteiger partial charge in [-0.05, 0) is 36.2 Å². The zero-order chi connectivity index (χ0) is 18.0. The minimum atomic E-state index is -0.682. The maximum Gasteiger partial charge on any atom is 0.265 e. The van der Waals surface area contributed by atoms with E-state index in [-0.39, 0.29) is 25.0 Å². The van der Waals surface area contributed by atoms with Crippen molar-refractivity contribution in [2.45, 2.75) is 12.8 Å². The van der Waals surface area contributed by atoms with Crippen LogP contribution in [0.25, 0.3) is 0 Å². The topological polar surface area (TPSA) is 70.0 Å². The summed E-state index contributed by atoms with van der Waals surface area (Å²) in [5, 5.41) is 9.41. The number of carbonyl (C=O) groups excluding carboxylic acids is 2. The molecule has 0 bridgehead atoms. The standard InChI is InChI=1S/C19H17ClN2O3/c1-12-16(20)7-4-8-17(12)22-18(24)14-6-3-2-5-13(14)15(19(22)25)11-21-9-10-23/h2-8,11,15,23H,9-10H2,1H3/t15-/m1/s1. The number of hydrogen-bond donors (Lipinski definition) is 1. The van der Waals surface area contributed by atoms with Crippen molar-refractivity contribution in [2.24, 2.45) is 4.99 Å². The van der Waals surface area contributed by atoms with Crippen LogP contribution in [0.15, 0.2) is 47.5 Å². The Bertz CT molecular complexity index is 863. The summed E-state index contributed by atoms with van der Waals surface area (Å²) < 4.78 is 0. The first-order valence-electron chi connectivity index (χ1n) is 7.89. The molecule has 0 saturated carbocycles. The highest BCUT2D eigenvalue weighted by Crippen LogP contribution is 2.35. The highest BCUT2D eigenvalue weighted by Gasteiger charge is 2.39. The van der Waals surface area contributed by atoms with E-state index >= 15 is 0 Å². The molecule has 2 aromatic carbocycles. The molecule has 5 nitrogen and oxygen atoms in total. The van der Waals surface area contributed by atoms with E-state index in [1.165, 1.54) is 11.1 Å². The molecule has 0 radical (unpaired) electrons. The lowest BCUT2D eigenvalue weighted by molar-refractivity contribution is -0.118. The Morgan fingerprint density at radius 3 is 2.72 bits per heavy atom. The number of imide groups is 1. The number of halogens is 1. The molecule has 25 heavy (non-hydrogen) atoms. The molecule has 6 heteroatoms. The third-order valence-corrected chi connectivity index (χ3v) is 4.59.